The van der Waals surface area contributed by atoms with Crippen molar-refractivity contribution in [1.29, 1.82) is 0 Å². The van der Waals surface area contributed by atoms with Crippen molar-refractivity contribution in [3.8, 4) is 5.75 Å². The topological polar surface area (TPSA) is 108 Å². The van der Waals surface area contributed by atoms with Gasteiger partial charge in [0.15, 0.2) is 0 Å². The van der Waals surface area contributed by atoms with Crippen LogP contribution in [0.4, 0.5) is 11.4 Å². The molecule has 8 heteroatoms. The molecule has 0 atom stereocenters. The van der Waals surface area contributed by atoms with E-state index in [9.17, 15) is 14.9 Å². The summed E-state index contributed by atoms with van der Waals surface area (Å²) in [6, 6.07) is 10.9. The summed E-state index contributed by atoms with van der Waals surface area (Å²) in [5, 5.41) is 14.9. The summed E-state index contributed by atoms with van der Waals surface area (Å²) < 4.78 is 11.1. The van der Waals surface area contributed by atoms with Gasteiger partial charge in [0.2, 0.25) is 0 Å². The molecule has 0 aliphatic heterocycles. The van der Waals surface area contributed by atoms with E-state index in [1.807, 2.05) is 0 Å². The number of non-ortho nitro benzene ring substituents is 1. The molecule has 2 aromatic carbocycles. The number of benzene rings is 2. The normalized spacial score (nSPS) is 10.9. The summed E-state index contributed by atoms with van der Waals surface area (Å²) in [7, 11) is 1.45. The summed E-state index contributed by atoms with van der Waals surface area (Å²) in [4.78, 5) is 27.6. The van der Waals surface area contributed by atoms with E-state index >= 15 is 0 Å². The molecule has 4 aromatic rings. The quantitative estimate of drug-likeness (QED) is 0.431. The van der Waals surface area contributed by atoms with Crippen molar-refractivity contribution in [3.63, 3.8) is 0 Å². The summed E-state index contributed by atoms with van der Waals surface area (Å²) >= 11 is 0. The highest BCUT2D eigenvalue weighted by Gasteiger charge is 2.22. The van der Waals surface area contributed by atoms with E-state index in [2.05, 4.69) is 10.3 Å². The van der Waals surface area contributed by atoms with E-state index in [0.29, 0.717) is 33.4 Å². The van der Waals surface area contributed by atoms with E-state index in [1.54, 1.807) is 36.7 Å². The minimum Gasteiger partial charge on any atom is -0.496 e. The fourth-order valence-corrected chi connectivity index (χ4v) is 2.98. The zero-order chi connectivity index (χ0) is 19.0. The van der Waals surface area contributed by atoms with Gasteiger partial charge in [-0.1, -0.05) is 0 Å². The Bertz CT molecular complexity index is 1180. The molecule has 0 radical (unpaired) electrons. The van der Waals surface area contributed by atoms with Crippen LogP contribution in [0.3, 0.4) is 0 Å². The second-order valence-electron chi connectivity index (χ2n) is 5.75. The van der Waals surface area contributed by atoms with E-state index in [1.165, 1.54) is 25.3 Å². The lowest BCUT2D eigenvalue weighted by molar-refractivity contribution is -0.384. The van der Waals surface area contributed by atoms with Gasteiger partial charge in [-0.15, -0.1) is 0 Å². The Labute approximate surface area is 152 Å². The lowest BCUT2D eigenvalue weighted by Gasteiger charge is -2.10. The number of nitrogens with one attached hydrogen (secondary N) is 1. The summed E-state index contributed by atoms with van der Waals surface area (Å²) in [5.41, 5.74) is 1.60. The second-order valence-corrected chi connectivity index (χ2v) is 5.75. The van der Waals surface area contributed by atoms with Crippen LogP contribution in [0, 0.1) is 10.1 Å². The molecule has 134 valence electrons. The van der Waals surface area contributed by atoms with Crippen LogP contribution in [0.15, 0.2) is 59.3 Å². The number of rotatable bonds is 4. The first-order valence-corrected chi connectivity index (χ1v) is 7.97. The molecule has 1 N–H and O–H groups in total. The largest absolute Gasteiger partial charge is 0.496 e. The van der Waals surface area contributed by atoms with E-state index in [4.69, 9.17) is 9.15 Å². The van der Waals surface area contributed by atoms with Gasteiger partial charge in [-0.05, 0) is 30.3 Å². The summed E-state index contributed by atoms with van der Waals surface area (Å²) in [6.07, 6.45) is 3.12. The molecule has 0 spiro atoms. The van der Waals surface area contributed by atoms with Gasteiger partial charge >= 0.3 is 0 Å². The maximum Gasteiger partial charge on any atom is 0.270 e. The van der Waals surface area contributed by atoms with Gasteiger partial charge in [-0.3, -0.25) is 19.9 Å². The molecule has 0 saturated carbocycles. The van der Waals surface area contributed by atoms with Crippen molar-refractivity contribution >= 4 is 39.2 Å². The monoisotopic (exact) mass is 363 g/mol. The van der Waals surface area contributed by atoms with Gasteiger partial charge < -0.3 is 14.5 Å². The zero-order valence-electron chi connectivity index (χ0n) is 14.1. The number of nitro groups is 1. The molecule has 0 saturated heterocycles. The smallest absolute Gasteiger partial charge is 0.270 e. The number of methoxy groups -OCH3 is 1. The molecule has 0 fully saturated rings. The van der Waals surface area contributed by atoms with Crippen LogP contribution < -0.4 is 10.1 Å². The van der Waals surface area contributed by atoms with Crippen LogP contribution in [0.1, 0.15) is 10.4 Å². The number of nitro benzene ring substituents is 1. The Morgan fingerprint density at radius 2 is 1.89 bits per heavy atom. The number of furan rings is 1. The Hall–Kier alpha value is -3.94. The van der Waals surface area contributed by atoms with Gasteiger partial charge in [-0.25, -0.2) is 0 Å². The molecule has 2 heterocycles. The molecular weight excluding hydrogens is 350 g/mol. The molecule has 0 aliphatic rings. The highest BCUT2D eigenvalue weighted by Crippen LogP contribution is 2.37. The fourth-order valence-electron chi connectivity index (χ4n) is 2.98. The number of carbonyl (C=O) groups is 1. The van der Waals surface area contributed by atoms with Crippen molar-refractivity contribution in [2.75, 3.05) is 12.4 Å². The number of fused-ring (bicyclic) bond motifs is 3. The minimum absolute atomic E-state index is 0.0893. The van der Waals surface area contributed by atoms with Crippen LogP contribution in [-0.4, -0.2) is 22.9 Å². The fraction of sp³-hybridized carbons (Fsp3) is 0.0526. The van der Waals surface area contributed by atoms with Gasteiger partial charge in [-0.2, -0.15) is 0 Å². The molecule has 0 aliphatic carbocycles. The summed E-state index contributed by atoms with van der Waals surface area (Å²) in [6.45, 7) is 0. The number of nitrogens with zero attached hydrogens (tertiary/aromatic N) is 2. The first kappa shape index (κ1) is 16.5. The third kappa shape index (κ3) is 2.82. The standard InChI is InChI=1S/C19H13N3O5/c1-26-15-4-5-16-17(13-10-12(22(24)25)2-3-14(13)27-16)18(15)19(23)21-11-6-8-20-9-7-11/h2-10H,1H3,(H,20,21,23). The Kier molecular flexibility index (Phi) is 3.92. The van der Waals surface area contributed by atoms with Crippen LogP contribution in [0.25, 0.3) is 21.9 Å². The van der Waals surface area contributed by atoms with Gasteiger partial charge in [0.1, 0.15) is 16.9 Å². The average Bonchev–Trinajstić information content (AvgIpc) is 3.05. The molecule has 2 aromatic heterocycles. The van der Waals surface area contributed by atoms with E-state index in [0.717, 1.165) is 0 Å². The molecule has 27 heavy (non-hydrogen) atoms. The van der Waals surface area contributed by atoms with Crippen molar-refractivity contribution in [3.05, 3.63) is 70.5 Å². The molecule has 8 nitrogen and oxygen atoms in total. The van der Waals surface area contributed by atoms with Crippen LogP contribution >= 0.6 is 0 Å². The highest BCUT2D eigenvalue weighted by atomic mass is 16.6. The lowest BCUT2D eigenvalue weighted by Crippen LogP contribution is -2.13. The molecular formula is C19H13N3O5. The van der Waals surface area contributed by atoms with Crippen LogP contribution in [0.2, 0.25) is 0 Å². The number of amides is 1. The second kappa shape index (κ2) is 6.41. The predicted octanol–water partition coefficient (Wildman–Crippen LogP) is 4.15. The predicted molar refractivity (Wildman–Crippen MR) is 99.1 cm³/mol. The summed E-state index contributed by atoms with van der Waals surface area (Å²) in [5.74, 6) is -0.0823. The first-order valence-electron chi connectivity index (χ1n) is 7.97. The minimum atomic E-state index is -0.491. The van der Waals surface area contributed by atoms with Crippen molar-refractivity contribution < 1.29 is 18.9 Å². The van der Waals surface area contributed by atoms with Crippen LogP contribution in [0.5, 0.6) is 5.75 Å². The Morgan fingerprint density at radius 1 is 1.15 bits per heavy atom. The lowest BCUT2D eigenvalue weighted by atomic mass is 10.0. The van der Waals surface area contributed by atoms with Crippen molar-refractivity contribution in [1.82, 2.24) is 4.98 Å². The Balaban J connectivity index is 1.96. The van der Waals surface area contributed by atoms with Crippen molar-refractivity contribution in [2.45, 2.75) is 0 Å². The van der Waals surface area contributed by atoms with Gasteiger partial charge in [0.05, 0.1) is 17.6 Å². The molecule has 0 bridgehead atoms. The van der Waals surface area contributed by atoms with Gasteiger partial charge in [0, 0.05) is 41.0 Å². The van der Waals surface area contributed by atoms with Gasteiger partial charge in [0.25, 0.3) is 11.6 Å². The maximum absolute atomic E-state index is 13.0. The Morgan fingerprint density at radius 3 is 2.59 bits per heavy atom. The average molecular weight is 363 g/mol. The number of hydrogen-bond acceptors (Lipinski definition) is 6. The number of hydrogen-bond donors (Lipinski definition) is 1. The number of aromatic nitrogens is 1. The van der Waals surface area contributed by atoms with Crippen LogP contribution in [-0.2, 0) is 0 Å². The molecule has 4 rings (SSSR count). The third-order valence-electron chi connectivity index (χ3n) is 4.18. The highest BCUT2D eigenvalue weighted by molar-refractivity contribution is 6.21. The molecule has 1 amide bonds. The van der Waals surface area contributed by atoms with E-state index in [-0.39, 0.29) is 11.3 Å². The number of ether oxygens (including phenoxy) is 1. The third-order valence-corrected chi connectivity index (χ3v) is 4.18. The number of carbonyl (C=O) groups excluding carboxylic acids is 1. The molecule has 0 unspecified atom stereocenters. The van der Waals surface area contributed by atoms with Crippen molar-refractivity contribution in [2.24, 2.45) is 0 Å². The maximum atomic E-state index is 13.0. The van der Waals surface area contributed by atoms with E-state index < -0.39 is 10.8 Å². The SMILES string of the molecule is COc1ccc2oc3ccc([N+](=O)[O-])cc3c2c1C(=O)Nc1ccncc1. The number of anilines is 1. The first-order chi connectivity index (χ1) is 13.1. The zero-order valence-corrected chi connectivity index (χ0v) is 14.1. The number of pyridine rings is 1.